The second-order valence-electron chi connectivity index (χ2n) is 4.80. The Balaban J connectivity index is 2.37. The predicted molar refractivity (Wildman–Crippen MR) is 87.2 cm³/mol. The van der Waals surface area contributed by atoms with Gasteiger partial charge in [0.2, 0.25) is 0 Å². The van der Waals surface area contributed by atoms with Gasteiger partial charge in [0, 0.05) is 35.8 Å². The van der Waals surface area contributed by atoms with Crippen molar-refractivity contribution in [3.63, 3.8) is 0 Å². The first-order valence-electron chi connectivity index (χ1n) is 6.30. The molecular weight excluding hydrogens is 391 g/mol. The summed E-state index contributed by atoms with van der Waals surface area (Å²) in [6, 6.07) is 2.94. The maximum Gasteiger partial charge on any atom is 0.409 e. The van der Waals surface area contributed by atoms with Crippen molar-refractivity contribution >= 4 is 45.7 Å². The van der Waals surface area contributed by atoms with E-state index in [-0.39, 0.29) is 11.4 Å². The van der Waals surface area contributed by atoms with Gasteiger partial charge < -0.3 is 14.9 Å². The smallest absolute Gasteiger partial charge is 0.409 e. The summed E-state index contributed by atoms with van der Waals surface area (Å²) < 4.78 is 0.736. The van der Waals surface area contributed by atoms with Crippen LogP contribution < -0.4 is 10.2 Å². The molecule has 0 radical (unpaired) electrons. The molecule has 2 N–H and O–H groups in total. The topological polar surface area (TPSA) is 99.0 Å². The van der Waals surface area contributed by atoms with Gasteiger partial charge in [0.15, 0.2) is 0 Å². The number of likely N-dealkylation sites (N-methyl/N-ethyl adjacent to an activating group) is 1. The molecule has 1 aromatic carbocycles. The Morgan fingerprint density at radius 2 is 2.00 bits per heavy atom. The van der Waals surface area contributed by atoms with Crippen LogP contribution in [0.5, 0.6) is 0 Å². The number of piperazine rings is 1. The standard InChI is InChI=1S/C12H15IN4O4/c1-15-2-4-16(5-3-15)10-7-9(14-12(18)19)11(17(20)21)6-8(10)13/h6-7,14H,2-5H2,1H3,(H,18,19). The van der Waals surface area contributed by atoms with Gasteiger partial charge in [0.1, 0.15) is 5.69 Å². The van der Waals surface area contributed by atoms with E-state index in [9.17, 15) is 14.9 Å². The number of hydrogen-bond donors (Lipinski definition) is 2. The highest BCUT2D eigenvalue weighted by Gasteiger charge is 2.23. The number of rotatable bonds is 3. The van der Waals surface area contributed by atoms with Crippen molar-refractivity contribution in [2.24, 2.45) is 0 Å². The monoisotopic (exact) mass is 406 g/mol. The lowest BCUT2D eigenvalue weighted by Crippen LogP contribution is -2.44. The Morgan fingerprint density at radius 3 is 2.52 bits per heavy atom. The SMILES string of the molecule is CN1CCN(c2cc(NC(=O)O)c([N+](=O)[O-])cc2I)CC1. The molecule has 0 atom stereocenters. The molecule has 114 valence electrons. The van der Waals surface area contributed by atoms with Crippen molar-refractivity contribution in [3.8, 4) is 0 Å². The lowest BCUT2D eigenvalue weighted by atomic mass is 10.2. The predicted octanol–water partition coefficient (Wildman–Crippen LogP) is 2.04. The molecule has 0 aliphatic carbocycles. The van der Waals surface area contributed by atoms with Gasteiger partial charge in [-0.25, -0.2) is 4.79 Å². The van der Waals surface area contributed by atoms with Crippen LogP contribution in [0, 0.1) is 13.7 Å². The van der Waals surface area contributed by atoms with E-state index in [1.54, 1.807) is 6.07 Å². The number of carboxylic acid groups (broad SMARTS) is 1. The fraction of sp³-hybridized carbons (Fsp3) is 0.417. The first-order valence-corrected chi connectivity index (χ1v) is 7.37. The van der Waals surface area contributed by atoms with Crippen molar-refractivity contribution in [2.45, 2.75) is 0 Å². The number of nitrogens with one attached hydrogen (secondary N) is 1. The Bertz CT molecular complexity index is 573. The summed E-state index contributed by atoms with van der Waals surface area (Å²) in [6.45, 7) is 3.40. The molecule has 1 fully saturated rings. The third kappa shape index (κ3) is 3.73. The summed E-state index contributed by atoms with van der Waals surface area (Å²) in [5.74, 6) is 0. The molecule has 1 heterocycles. The number of anilines is 2. The zero-order valence-electron chi connectivity index (χ0n) is 11.4. The largest absolute Gasteiger partial charge is 0.465 e. The van der Waals surface area contributed by atoms with Crippen LogP contribution >= 0.6 is 22.6 Å². The van der Waals surface area contributed by atoms with E-state index >= 15 is 0 Å². The first-order chi connectivity index (χ1) is 9.88. The van der Waals surface area contributed by atoms with E-state index < -0.39 is 11.0 Å². The number of nitrogens with zero attached hydrogens (tertiary/aromatic N) is 3. The lowest BCUT2D eigenvalue weighted by molar-refractivity contribution is -0.384. The van der Waals surface area contributed by atoms with Gasteiger partial charge in [-0.3, -0.25) is 15.4 Å². The van der Waals surface area contributed by atoms with Crippen molar-refractivity contribution in [1.82, 2.24) is 4.90 Å². The average molecular weight is 406 g/mol. The highest BCUT2D eigenvalue weighted by atomic mass is 127. The number of carbonyl (C=O) groups is 1. The lowest BCUT2D eigenvalue weighted by Gasteiger charge is -2.34. The van der Waals surface area contributed by atoms with Crippen LogP contribution in [0.2, 0.25) is 0 Å². The van der Waals surface area contributed by atoms with Crippen LogP contribution in [0.3, 0.4) is 0 Å². The fourth-order valence-corrected chi connectivity index (χ4v) is 3.00. The Morgan fingerprint density at radius 1 is 1.38 bits per heavy atom. The molecule has 9 heteroatoms. The summed E-state index contributed by atoms with van der Waals surface area (Å²) in [7, 11) is 2.04. The minimum absolute atomic E-state index is 0.00171. The second-order valence-corrected chi connectivity index (χ2v) is 5.96. The molecule has 21 heavy (non-hydrogen) atoms. The van der Waals surface area contributed by atoms with E-state index in [2.05, 4.69) is 15.1 Å². The van der Waals surface area contributed by atoms with Crippen molar-refractivity contribution in [2.75, 3.05) is 43.4 Å². The minimum atomic E-state index is -1.32. The number of halogens is 1. The van der Waals surface area contributed by atoms with Crippen LogP contribution in [-0.4, -0.2) is 54.2 Å². The molecule has 1 saturated heterocycles. The van der Waals surface area contributed by atoms with Gasteiger partial charge in [0.05, 0.1) is 10.6 Å². The van der Waals surface area contributed by atoms with Gasteiger partial charge in [-0.1, -0.05) is 0 Å². The van der Waals surface area contributed by atoms with E-state index in [4.69, 9.17) is 5.11 Å². The zero-order chi connectivity index (χ0) is 15.6. The van der Waals surface area contributed by atoms with Gasteiger partial charge in [-0.05, 0) is 35.7 Å². The van der Waals surface area contributed by atoms with Gasteiger partial charge in [-0.15, -0.1) is 0 Å². The van der Waals surface area contributed by atoms with Crippen LogP contribution in [0.1, 0.15) is 0 Å². The molecule has 1 aliphatic heterocycles. The molecule has 0 aromatic heterocycles. The maximum absolute atomic E-state index is 11.0. The molecular formula is C12H15IN4O4. The summed E-state index contributed by atoms with van der Waals surface area (Å²) in [6.07, 6.45) is -1.32. The number of amides is 1. The van der Waals surface area contributed by atoms with Crippen molar-refractivity contribution in [1.29, 1.82) is 0 Å². The molecule has 0 spiro atoms. The summed E-state index contributed by atoms with van der Waals surface area (Å²) in [5, 5.41) is 22.0. The van der Waals surface area contributed by atoms with E-state index in [0.717, 1.165) is 35.4 Å². The maximum atomic E-state index is 11.0. The number of benzene rings is 1. The molecule has 0 bridgehead atoms. The zero-order valence-corrected chi connectivity index (χ0v) is 13.5. The summed E-state index contributed by atoms with van der Waals surface area (Å²) in [5.41, 5.74) is 0.583. The molecule has 8 nitrogen and oxygen atoms in total. The molecule has 1 aromatic rings. The first kappa shape index (κ1) is 15.8. The quantitative estimate of drug-likeness (QED) is 0.453. The van der Waals surface area contributed by atoms with E-state index in [1.165, 1.54) is 6.07 Å². The highest BCUT2D eigenvalue weighted by Crippen LogP contribution is 2.34. The number of nitro benzene ring substituents is 1. The summed E-state index contributed by atoms with van der Waals surface area (Å²) >= 11 is 2.04. The molecule has 0 saturated carbocycles. The van der Waals surface area contributed by atoms with E-state index in [0.29, 0.717) is 0 Å². The Labute approximate surface area is 135 Å². The minimum Gasteiger partial charge on any atom is -0.465 e. The average Bonchev–Trinajstić information content (AvgIpc) is 2.40. The second kappa shape index (κ2) is 6.43. The summed E-state index contributed by atoms with van der Waals surface area (Å²) in [4.78, 5) is 25.6. The van der Waals surface area contributed by atoms with Crippen molar-refractivity contribution in [3.05, 3.63) is 25.8 Å². The number of hydrogen-bond acceptors (Lipinski definition) is 5. The number of nitro groups is 1. The molecule has 2 rings (SSSR count). The van der Waals surface area contributed by atoms with Gasteiger partial charge in [-0.2, -0.15) is 0 Å². The van der Waals surface area contributed by atoms with Gasteiger partial charge in [0.25, 0.3) is 5.69 Å². The van der Waals surface area contributed by atoms with Crippen LogP contribution in [0.15, 0.2) is 12.1 Å². The van der Waals surface area contributed by atoms with E-state index in [1.807, 2.05) is 29.6 Å². The normalized spacial score (nSPS) is 15.8. The molecule has 0 unspecified atom stereocenters. The fourth-order valence-electron chi connectivity index (χ4n) is 2.21. The molecule has 1 amide bonds. The molecule has 1 aliphatic rings. The van der Waals surface area contributed by atoms with Crippen LogP contribution in [0.4, 0.5) is 21.9 Å². The Kier molecular flexibility index (Phi) is 4.83. The highest BCUT2D eigenvalue weighted by molar-refractivity contribution is 14.1. The van der Waals surface area contributed by atoms with Crippen LogP contribution in [0.25, 0.3) is 0 Å². The third-order valence-corrected chi connectivity index (χ3v) is 4.21. The van der Waals surface area contributed by atoms with Gasteiger partial charge >= 0.3 is 6.09 Å². The van der Waals surface area contributed by atoms with Crippen LogP contribution in [-0.2, 0) is 0 Å². The third-order valence-electron chi connectivity index (χ3n) is 3.35. The Hall–Kier alpha value is -1.62. The van der Waals surface area contributed by atoms with Crippen molar-refractivity contribution < 1.29 is 14.8 Å².